The minimum atomic E-state index is -0.784. The number of carbonyl (C=O) groups excluding carboxylic acids is 3. The number of anilines is 1. The maximum Gasteiger partial charge on any atom is 0.335 e. The first-order valence-electron chi connectivity index (χ1n) is 9.78. The molecule has 0 atom stereocenters. The van der Waals surface area contributed by atoms with E-state index in [-0.39, 0.29) is 12.2 Å². The van der Waals surface area contributed by atoms with Gasteiger partial charge in [0, 0.05) is 0 Å². The quantitative estimate of drug-likeness (QED) is 0.258. The summed E-state index contributed by atoms with van der Waals surface area (Å²) in [6.45, 7) is 5.99. The largest absolute Gasteiger partial charge is 0.490 e. The number of nitrogens with zero attached hydrogens (tertiary/aromatic N) is 1. The van der Waals surface area contributed by atoms with E-state index in [0.717, 1.165) is 16.0 Å². The van der Waals surface area contributed by atoms with Crippen LogP contribution in [0.5, 0.6) is 11.5 Å². The fraction of sp³-hybridized carbons (Fsp3) is 0.208. The second-order valence-electron chi connectivity index (χ2n) is 6.93. The van der Waals surface area contributed by atoms with Gasteiger partial charge in [-0.15, -0.1) is 6.42 Å². The van der Waals surface area contributed by atoms with Crippen LogP contribution in [0.1, 0.15) is 23.6 Å². The Morgan fingerprint density at radius 3 is 2.62 bits per heavy atom. The third-order valence-corrected chi connectivity index (χ3v) is 5.66. The molecule has 8 heteroatoms. The predicted molar refractivity (Wildman–Crippen MR) is 130 cm³/mol. The topological polar surface area (TPSA) is 84.9 Å². The molecule has 0 radical (unpaired) electrons. The van der Waals surface area contributed by atoms with Crippen LogP contribution in [-0.2, 0) is 9.59 Å². The van der Waals surface area contributed by atoms with Crippen molar-refractivity contribution in [2.45, 2.75) is 20.8 Å². The van der Waals surface area contributed by atoms with Gasteiger partial charge in [-0.25, -0.2) is 9.69 Å². The number of imide groups is 2. The number of rotatable bonds is 6. The van der Waals surface area contributed by atoms with Gasteiger partial charge >= 0.3 is 6.03 Å². The molecule has 0 spiro atoms. The summed E-state index contributed by atoms with van der Waals surface area (Å²) in [7, 11) is 0. The second-order valence-corrected chi connectivity index (χ2v) is 8.09. The Balaban J connectivity index is 2.06. The summed E-state index contributed by atoms with van der Waals surface area (Å²) in [5.74, 6) is 1.87. The number of carbonyl (C=O) groups is 3. The number of aryl methyl sites for hydroxylation is 1. The van der Waals surface area contributed by atoms with E-state index < -0.39 is 17.8 Å². The van der Waals surface area contributed by atoms with E-state index in [1.807, 2.05) is 26.8 Å². The van der Waals surface area contributed by atoms with Gasteiger partial charge in [0.15, 0.2) is 11.5 Å². The molecule has 7 nitrogen and oxygen atoms in total. The molecule has 1 heterocycles. The van der Waals surface area contributed by atoms with Gasteiger partial charge in [-0.1, -0.05) is 18.1 Å². The molecule has 0 aromatic heterocycles. The van der Waals surface area contributed by atoms with Crippen molar-refractivity contribution >= 4 is 52.2 Å². The van der Waals surface area contributed by atoms with Crippen molar-refractivity contribution in [2.24, 2.45) is 0 Å². The highest BCUT2D eigenvalue weighted by Gasteiger charge is 2.37. The molecule has 164 valence electrons. The molecular formula is C24H21IN2O5. The van der Waals surface area contributed by atoms with E-state index in [4.69, 9.17) is 15.9 Å². The van der Waals surface area contributed by atoms with Gasteiger partial charge in [0.1, 0.15) is 12.2 Å². The summed E-state index contributed by atoms with van der Waals surface area (Å²) in [5, 5.41) is 2.25. The van der Waals surface area contributed by atoms with Crippen molar-refractivity contribution in [2.75, 3.05) is 18.1 Å². The number of hydrogen-bond donors (Lipinski definition) is 1. The molecule has 1 N–H and O–H groups in total. The summed E-state index contributed by atoms with van der Waals surface area (Å²) >= 11 is 2.07. The van der Waals surface area contributed by atoms with Crippen molar-refractivity contribution in [3.05, 3.63) is 56.2 Å². The highest BCUT2D eigenvalue weighted by Crippen LogP contribution is 2.35. The molecule has 0 saturated carbocycles. The zero-order chi connectivity index (χ0) is 23.4. The molecule has 0 bridgehead atoms. The molecule has 1 aliphatic heterocycles. The fourth-order valence-corrected chi connectivity index (χ4v) is 3.99. The Bertz CT molecular complexity index is 1180. The summed E-state index contributed by atoms with van der Waals surface area (Å²) in [5.41, 5.74) is 2.49. The molecule has 2 aromatic carbocycles. The maximum absolute atomic E-state index is 13.2. The van der Waals surface area contributed by atoms with Crippen LogP contribution in [0.15, 0.2) is 35.9 Å². The molecule has 32 heavy (non-hydrogen) atoms. The highest BCUT2D eigenvalue weighted by atomic mass is 127. The van der Waals surface area contributed by atoms with Crippen LogP contribution in [0.2, 0.25) is 0 Å². The number of benzene rings is 2. The molecule has 0 unspecified atom stereocenters. The molecule has 3 rings (SSSR count). The number of ether oxygens (including phenoxy) is 2. The van der Waals surface area contributed by atoms with Gasteiger partial charge in [-0.05, 0) is 84.3 Å². The van der Waals surface area contributed by atoms with Crippen molar-refractivity contribution in [1.29, 1.82) is 0 Å². The normalized spacial score (nSPS) is 14.9. The van der Waals surface area contributed by atoms with Gasteiger partial charge in [-0.3, -0.25) is 14.9 Å². The Morgan fingerprint density at radius 2 is 1.94 bits per heavy atom. The van der Waals surface area contributed by atoms with Gasteiger partial charge in [0.05, 0.1) is 15.9 Å². The minimum absolute atomic E-state index is 0.0737. The number of urea groups is 1. The van der Waals surface area contributed by atoms with E-state index in [1.165, 1.54) is 6.08 Å². The molecule has 2 aromatic rings. The highest BCUT2D eigenvalue weighted by molar-refractivity contribution is 14.1. The van der Waals surface area contributed by atoms with Crippen molar-refractivity contribution < 1.29 is 23.9 Å². The number of nitrogens with one attached hydrogen (secondary N) is 1. The summed E-state index contributed by atoms with van der Waals surface area (Å²) in [4.78, 5) is 39.2. The third kappa shape index (κ3) is 4.62. The molecule has 1 aliphatic rings. The lowest BCUT2D eigenvalue weighted by Crippen LogP contribution is -2.54. The third-order valence-electron chi connectivity index (χ3n) is 4.86. The first-order valence-corrected chi connectivity index (χ1v) is 10.9. The number of hydrogen-bond acceptors (Lipinski definition) is 5. The Labute approximate surface area is 199 Å². The monoisotopic (exact) mass is 544 g/mol. The molecule has 1 fully saturated rings. The number of halogens is 1. The number of terminal acetylenes is 1. The summed E-state index contributed by atoms with van der Waals surface area (Å²) < 4.78 is 11.9. The van der Waals surface area contributed by atoms with Crippen molar-refractivity contribution in [3.63, 3.8) is 0 Å². The van der Waals surface area contributed by atoms with Gasteiger partial charge in [0.25, 0.3) is 11.8 Å². The van der Waals surface area contributed by atoms with Crippen LogP contribution in [0.3, 0.4) is 0 Å². The SMILES string of the molecule is C#CCOc1c(I)cc(/C=C2\C(=O)NC(=O)N(c3cccc(C)c3C)C2=O)cc1OCC. The molecule has 4 amide bonds. The number of amides is 4. The first-order chi connectivity index (χ1) is 15.3. The smallest absolute Gasteiger partial charge is 0.335 e. The predicted octanol–water partition coefficient (Wildman–Crippen LogP) is 3.99. The van der Waals surface area contributed by atoms with Gasteiger partial charge in [-0.2, -0.15) is 0 Å². The average Bonchev–Trinajstić information content (AvgIpc) is 2.73. The lowest BCUT2D eigenvalue weighted by Gasteiger charge is -2.28. The minimum Gasteiger partial charge on any atom is -0.490 e. The summed E-state index contributed by atoms with van der Waals surface area (Å²) in [6, 6.07) is 7.91. The lowest BCUT2D eigenvalue weighted by atomic mass is 10.0. The Kier molecular flexibility index (Phi) is 7.20. The lowest BCUT2D eigenvalue weighted by molar-refractivity contribution is -0.122. The standard InChI is InChI=1S/C24H21IN2O5/c1-5-10-32-21-18(25)12-16(13-20(21)31-6-2)11-17-22(28)26-24(30)27(23(17)29)19-9-7-8-14(3)15(19)4/h1,7-9,11-13H,6,10H2,2-4H3,(H,26,28,30)/b17-11+. The Morgan fingerprint density at radius 1 is 1.19 bits per heavy atom. The maximum atomic E-state index is 13.2. The molecule has 1 saturated heterocycles. The van der Waals surface area contributed by atoms with Crippen LogP contribution in [0.4, 0.5) is 10.5 Å². The fourth-order valence-electron chi connectivity index (χ4n) is 3.21. The van der Waals surface area contributed by atoms with Crippen LogP contribution < -0.4 is 19.7 Å². The van der Waals surface area contributed by atoms with Gasteiger partial charge in [0.2, 0.25) is 0 Å². The van der Waals surface area contributed by atoms with E-state index in [1.54, 1.807) is 24.3 Å². The van der Waals surface area contributed by atoms with E-state index in [9.17, 15) is 14.4 Å². The zero-order valence-corrected chi connectivity index (χ0v) is 20.0. The van der Waals surface area contributed by atoms with Crippen LogP contribution in [0, 0.1) is 29.8 Å². The average molecular weight is 544 g/mol. The Hall–Kier alpha value is -3.32. The van der Waals surface area contributed by atoms with E-state index in [2.05, 4.69) is 33.8 Å². The van der Waals surface area contributed by atoms with Crippen molar-refractivity contribution in [1.82, 2.24) is 5.32 Å². The van der Waals surface area contributed by atoms with E-state index in [0.29, 0.717) is 32.9 Å². The van der Waals surface area contributed by atoms with Crippen molar-refractivity contribution in [3.8, 4) is 23.8 Å². The second kappa shape index (κ2) is 9.87. The zero-order valence-electron chi connectivity index (χ0n) is 17.8. The molecule has 0 aliphatic carbocycles. The van der Waals surface area contributed by atoms with Crippen LogP contribution >= 0.6 is 22.6 Å². The van der Waals surface area contributed by atoms with Crippen LogP contribution in [-0.4, -0.2) is 31.1 Å². The van der Waals surface area contributed by atoms with E-state index >= 15 is 0 Å². The molecular weight excluding hydrogens is 523 g/mol. The number of barbiturate groups is 1. The first kappa shape index (κ1) is 23.3. The van der Waals surface area contributed by atoms with Gasteiger partial charge < -0.3 is 9.47 Å². The van der Waals surface area contributed by atoms with Crippen LogP contribution in [0.25, 0.3) is 6.08 Å². The summed E-state index contributed by atoms with van der Waals surface area (Å²) in [6.07, 6.45) is 6.71.